The highest BCUT2D eigenvalue weighted by Crippen LogP contribution is 2.32. The third kappa shape index (κ3) is 5.75. The molecule has 1 aliphatic heterocycles. The van der Waals surface area contributed by atoms with Crippen LogP contribution in [0.4, 0.5) is 14.9 Å². The maximum absolute atomic E-state index is 13.6. The highest BCUT2D eigenvalue weighted by molar-refractivity contribution is 5.99. The van der Waals surface area contributed by atoms with Gasteiger partial charge in [0.05, 0.1) is 12.2 Å². The van der Waals surface area contributed by atoms with E-state index in [0.717, 1.165) is 5.69 Å². The second-order valence-electron chi connectivity index (χ2n) is 10.3. The van der Waals surface area contributed by atoms with Gasteiger partial charge in [-0.15, -0.1) is 0 Å². The number of nitrogens with zero attached hydrogens (tertiary/aromatic N) is 3. The van der Waals surface area contributed by atoms with E-state index in [9.17, 15) is 14.0 Å². The number of carbonyl (C=O) groups excluding carboxylic acids is 2. The Kier molecular flexibility index (Phi) is 7.19. The summed E-state index contributed by atoms with van der Waals surface area (Å²) < 4.78 is 19.0. The van der Waals surface area contributed by atoms with Gasteiger partial charge in [-0.1, -0.05) is 25.3 Å². The molecule has 0 bridgehead atoms. The lowest BCUT2D eigenvalue weighted by atomic mass is 9.85. The summed E-state index contributed by atoms with van der Waals surface area (Å²) in [7, 11) is 0. The van der Waals surface area contributed by atoms with E-state index in [1.54, 1.807) is 37.8 Å². The Labute approximate surface area is 201 Å². The van der Waals surface area contributed by atoms with Crippen LogP contribution in [-0.4, -0.2) is 40.1 Å². The average molecular weight is 468 g/mol. The Morgan fingerprint density at radius 1 is 1.06 bits per heavy atom. The molecule has 0 radical (unpaired) electrons. The van der Waals surface area contributed by atoms with Crippen LogP contribution in [0, 0.1) is 5.82 Å². The number of likely N-dealkylation sites (tertiary alicyclic amines) is 1. The summed E-state index contributed by atoms with van der Waals surface area (Å²) in [4.78, 5) is 33.8. The Hall–Kier alpha value is -2.96. The molecule has 2 heterocycles. The standard InChI is InChI=1S/C27H34FN3O3/c1-27(2,3)34-26(33)30-16-15-24(30)25(32)31(23-13-10-21(28)11-14-23)18-22-12-9-20(17-29-22)19-7-5-4-6-8-19/h9-14,17,19,24H,4-8,15-16,18H2,1-3H3/t24-/m1/s1. The molecule has 1 aromatic heterocycles. The third-order valence-corrected chi connectivity index (χ3v) is 6.58. The first-order valence-electron chi connectivity index (χ1n) is 12.2. The zero-order valence-electron chi connectivity index (χ0n) is 20.3. The van der Waals surface area contributed by atoms with Crippen LogP contribution < -0.4 is 4.90 Å². The second kappa shape index (κ2) is 10.1. The molecule has 4 rings (SSSR count). The second-order valence-corrected chi connectivity index (χ2v) is 10.3. The molecule has 0 spiro atoms. The monoisotopic (exact) mass is 467 g/mol. The van der Waals surface area contributed by atoms with E-state index in [-0.39, 0.29) is 18.3 Å². The molecule has 2 amide bonds. The van der Waals surface area contributed by atoms with Crippen molar-refractivity contribution in [3.05, 3.63) is 59.7 Å². The molecule has 0 N–H and O–H groups in total. The van der Waals surface area contributed by atoms with Gasteiger partial charge in [0.2, 0.25) is 5.91 Å². The average Bonchev–Trinajstić information content (AvgIpc) is 2.77. The summed E-state index contributed by atoms with van der Waals surface area (Å²) in [5.74, 6) is -0.0329. The number of benzene rings is 1. The molecule has 1 saturated carbocycles. The fourth-order valence-electron chi connectivity index (χ4n) is 4.65. The highest BCUT2D eigenvalue weighted by Gasteiger charge is 2.42. The molecule has 2 aromatic rings. The van der Waals surface area contributed by atoms with E-state index < -0.39 is 17.7 Å². The van der Waals surface area contributed by atoms with Crippen LogP contribution in [0.25, 0.3) is 0 Å². The zero-order chi connectivity index (χ0) is 24.3. The number of amides is 2. The topological polar surface area (TPSA) is 62.7 Å². The molecule has 1 atom stereocenters. The smallest absolute Gasteiger partial charge is 0.410 e. The number of hydrogen-bond donors (Lipinski definition) is 0. The van der Waals surface area contributed by atoms with Crippen molar-refractivity contribution in [1.82, 2.24) is 9.88 Å². The van der Waals surface area contributed by atoms with Crippen LogP contribution in [0.15, 0.2) is 42.6 Å². The summed E-state index contributed by atoms with van der Waals surface area (Å²) in [6.45, 7) is 6.12. The van der Waals surface area contributed by atoms with Crippen molar-refractivity contribution in [2.45, 2.75) is 83.4 Å². The number of pyridine rings is 1. The van der Waals surface area contributed by atoms with Crippen LogP contribution >= 0.6 is 0 Å². The quantitative estimate of drug-likeness (QED) is 0.557. The molecule has 7 heteroatoms. The first-order valence-corrected chi connectivity index (χ1v) is 12.2. The Bertz CT molecular complexity index is 995. The van der Waals surface area contributed by atoms with Crippen molar-refractivity contribution in [2.75, 3.05) is 11.4 Å². The minimum atomic E-state index is -0.638. The number of anilines is 1. The first kappa shape index (κ1) is 24.2. The molecular weight excluding hydrogens is 433 g/mol. The van der Waals surface area contributed by atoms with Crippen LogP contribution in [-0.2, 0) is 16.1 Å². The zero-order valence-corrected chi connectivity index (χ0v) is 20.3. The van der Waals surface area contributed by atoms with Crippen LogP contribution in [0.3, 0.4) is 0 Å². The Morgan fingerprint density at radius 2 is 1.76 bits per heavy atom. The van der Waals surface area contributed by atoms with Crippen molar-refractivity contribution in [3.63, 3.8) is 0 Å². The molecule has 1 saturated heterocycles. The van der Waals surface area contributed by atoms with Gasteiger partial charge in [-0.2, -0.15) is 0 Å². The van der Waals surface area contributed by atoms with Gasteiger partial charge >= 0.3 is 6.09 Å². The van der Waals surface area contributed by atoms with Crippen molar-refractivity contribution in [3.8, 4) is 0 Å². The van der Waals surface area contributed by atoms with E-state index in [0.29, 0.717) is 24.6 Å². The number of aromatic nitrogens is 1. The Morgan fingerprint density at radius 3 is 2.32 bits per heavy atom. The number of halogens is 1. The fourth-order valence-corrected chi connectivity index (χ4v) is 4.65. The first-order chi connectivity index (χ1) is 16.2. The van der Waals surface area contributed by atoms with Crippen LogP contribution in [0.2, 0.25) is 0 Å². The Balaban J connectivity index is 1.52. The van der Waals surface area contributed by atoms with E-state index >= 15 is 0 Å². The summed E-state index contributed by atoms with van der Waals surface area (Å²) in [6.07, 6.45) is 8.21. The molecular formula is C27H34FN3O3. The van der Waals surface area contributed by atoms with Gasteiger partial charge in [-0.05, 0) is 81.8 Å². The summed E-state index contributed by atoms with van der Waals surface area (Å²) in [5.41, 5.74) is 1.93. The maximum Gasteiger partial charge on any atom is 0.410 e. The minimum absolute atomic E-state index is 0.220. The van der Waals surface area contributed by atoms with Gasteiger partial charge in [-0.25, -0.2) is 9.18 Å². The lowest BCUT2D eigenvalue weighted by molar-refractivity contribution is -0.128. The minimum Gasteiger partial charge on any atom is -0.444 e. The fraction of sp³-hybridized carbons (Fsp3) is 0.519. The van der Waals surface area contributed by atoms with E-state index in [2.05, 4.69) is 11.1 Å². The van der Waals surface area contributed by atoms with Gasteiger partial charge in [0.25, 0.3) is 0 Å². The highest BCUT2D eigenvalue weighted by atomic mass is 19.1. The summed E-state index contributed by atoms with van der Waals surface area (Å²) >= 11 is 0. The molecule has 1 aliphatic carbocycles. The van der Waals surface area contributed by atoms with Crippen LogP contribution in [0.5, 0.6) is 0 Å². The van der Waals surface area contributed by atoms with Gasteiger partial charge in [-0.3, -0.25) is 14.7 Å². The van der Waals surface area contributed by atoms with Crippen molar-refractivity contribution in [1.29, 1.82) is 0 Å². The molecule has 2 fully saturated rings. The van der Waals surface area contributed by atoms with Crippen LogP contribution in [0.1, 0.15) is 76.5 Å². The lowest BCUT2D eigenvalue weighted by Gasteiger charge is -2.42. The summed E-state index contributed by atoms with van der Waals surface area (Å²) in [6, 6.07) is 9.31. The van der Waals surface area contributed by atoms with E-state index in [1.165, 1.54) is 54.7 Å². The largest absolute Gasteiger partial charge is 0.444 e. The maximum atomic E-state index is 13.6. The lowest BCUT2D eigenvalue weighted by Crippen LogP contribution is -2.59. The third-order valence-electron chi connectivity index (χ3n) is 6.58. The molecule has 0 unspecified atom stereocenters. The van der Waals surface area contributed by atoms with E-state index in [1.807, 2.05) is 12.3 Å². The van der Waals surface area contributed by atoms with Gasteiger partial charge < -0.3 is 9.64 Å². The number of carbonyl (C=O) groups is 2. The number of hydrogen-bond acceptors (Lipinski definition) is 4. The molecule has 2 aliphatic rings. The van der Waals surface area contributed by atoms with Gasteiger partial charge in [0.1, 0.15) is 17.5 Å². The SMILES string of the molecule is CC(C)(C)OC(=O)N1CC[C@@H]1C(=O)N(Cc1ccc(C2CCCCC2)cn1)c1ccc(F)cc1. The van der Waals surface area contributed by atoms with E-state index in [4.69, 9.17) is 4.74 Å². The normalized spacial score (nSPS) is 18.8. The van der Waals surface area contributed by atoms with Gasteiger partial charge in [0.15, 0.2) is 0 Å². The summed E-state index contributed by atoms with van der Waals surface area (Å²) in [5, 5.41) is 0. The predicted molar refractivity (Wildman–Crippen MR) is 129 cm³/mol. The van der Waals surface area contributed by atoms with Crippen molar-refractivity contribution >= 4 is 17.7 Å². The van der Waals surface area contributed by atoms with Gasteiger partial charge in [0, 0.05) is 18.4 Å². The molecule has 1 aromatic carbocycles. The molecule has 182 valence electrons. The van der Waals surface area contributed by atoms with Crippen molar-refractivity contribution in [2.24, 2.45) is 0 Å². The number of ether oxygens (including phenoxy) is 1. The number of rotatable bonds is 5. The molecule has 34 heavy (non-hydrogen) atoms. The van der Waals surface area contributed by atoms with Crippen molar-refractivity contribution < 1.29 is 18.7 Å². The predicted octanol–water partition coefficient (Wildman–Crippen LogP) is 5.81. The molecule has 6 nitrogen and oxygen atoms in total.